The highest BCUT2D eigenvalue weighted by Gasteiger charge is 2.00. The monoisotopic (exact) mass is 213 g/mol. The van der Waals surface area contributed by atoms with Crippen molar-refractivity contribution >= 4 is 0 Å². The van der Waals surface area contributed by atoms with E-state index in [9.17, 15) is 0 Å². The van der Waals surface area contributed by atoms with Crippen LogP contribution in [0.4, 0.5) is 0 Å². The van der Waals surface area contributed by atoms with Crippen molar-refractivity contribution in [1.82, 2.24) is 0 Å². The quantitative estimate of drug-likeness (QED) is 0.502. The van der Waals surface area contributed by atoms with Crippen molar-refractivity contribution in [2.75, 3.05) is 6.54 Å². The Morgan fingerprint density at radius 3 is 1.93 bits per heavy atom. The minimum Gasteiger partial charge on any atom is -0.330 e. The summed E-state index contributed by atoms with van der Waals surface area (Å²) in [5, 5.41) is 0. The predicted molar refractivity (Wildman–Crippen MR) is 70.1 cm³/mol. The second kappa shape index (κ2) is 12.0. The normalized spacial score (nSPS) is 13.0. The molecule has 0 fully saturated rings. The van der Waals surface area contributed by atoms with Crippen LogP contribution in [0.1, 0.15) is 78.1 Å². The maximum atomic E-state index is 5.46. The Balaban J connectivity index is 3.02. The molecule has 0 radical (unpaired) electrons. The van der Waals surface area contributed by atoms with Gasteiger partial charge in [-0.2, -0.15) is 0 Å². The van der Waals surface area contributed by atoms with E-state index < -0.39 is 0 Å². The fraction of sp³-hybridized carbons (Fsp3) is 1.00. The van der Waals surface area contributed by atoms with Crippen LogP contribution in [-0.4, -0.2) is 6.54 Å². The van der Waals surface area contributed by atoms with Crippen molar-refractivity contribution in [1.29, 1.82) is 0 Å². The summed E-state index contributed by atoms with van der Waals surface area (Å²) >= 11 is 0. The van der Waals surface area contributed by atoms with E-state index in [1.165, 1.54) is 64.2 Å². The zero-order valence-corrected chi connectivity index (χ0v) is 10.9. The van der Waals surface area contributed by atoms with Crippen molar-refractivity contribution in [3.05, 3.63) is 0 Å². The molecule has 1 unspecified atom stereocenters. The van der Waals surface area contributed by atoms with E-state index in [-0.39, 0.29) is 0 Å². The van der Waals surface area contributed by atoms with Gasteiger partial charge >= 0.3 is 0 Å². The Morgan fingerprint density at radius 2 is 1.33 bits per heavy atom. The molecule has 92 valence electrons. The van der Waals surface area contributed by atoms with Crippen LogP contribution in [0, 0.1) is 5.92 Å². The molecule has 0 aliphatic rings. The van der Waals surface area contributed by atoms with Gasteiger partial charge in [0, 0.05) is 0 Å². The van der Waals surface area contributed by atoms with Crippen LogP contribution in [-0.2, 0) is 0 Å². The van der Waals surface area contributed by atoms with E-state index >= 15 is 0 Å². The molecular formula is C14H31N. The minimum atomic E-state index is 0.869. The van der Waals surface area contributed by atoms with E-state index in [0.717, 1.165) is 12.5 Å². The average molecular weight is 213 g/mol. The topological polar surface area (TPSA) is 26.0 Å². The van der Waals surface area contributed by atoms with Crippen molar-refractivity contribution in [2.45, 2.75) is 78.1 Å². The molecule has 0 aromatic heterocycles. The van der Waals surface area contributed by atoms with Gasteiger partial charge in [-0.1, -0.05) is 71.6 Å². The fourth-order valence-corrected chi connectivity index (χ4v) is 2.04. The van der Waals surface area contributed by atoms with Gasteiger partial charge in [0.1, 0.15) is 0 Å². The van der Waals surface area contributed by atoms with Crippen LogP contribution in [0.5, 0.6) is 0 Å². The summed E-state index contributed by atoms with van der Waals surface area (Å²) in [6.45, 7) is 5.56. The molecule has 0 saturated heterocycles. The molecule has 15 heavy (non-hydrogen) atoms. The van der Waals surface area contributed by atoms with Crippen LogP contribution in [0.2, 0.25) is 0 Å². The zero-order chi connectivity index (χ0) is 11.4. The summed E-state index contributed by atoms with van der Waals surface area (Å²) in [4.78, 5) is 0. The van der Waals surface area contributed by atoms with Crippen LogP contribution >= 0.6 is 0 Å². The van der Waals surface area contributed by atoms with Crippen LogP contribution in [0.3, 0.4) is 0 Å². The maximum absolute atomic E-state index is 5.46. The Bertz CT molecular complexity index is 112. The van der Waals surface area contributed by atoms with Gasteiger partial charge in [0.2, 0.25) is 0 Å². The van der Waals surface area contributed by atoms with Gasteiger partial charge in [-0.05, 0) is 18.9 Å². The number of nitrogens with two attached hydrogens (primary N) is 1. The van der Waals surface area contributed by atoms with Gasteiger partial charge in [-0.15, -0.1) is 0 Å². The Labute approximate surface area is 96.8 Å². The molecule has 0 rings (SSSR count). The van der Waals surface area contributed by atoms with Gasteiger partial charge in [-0.3, -0.25) is 0 Å². The molecule has 0 amide bonds. The van der Waals surface area contributed by atoms with Crippen LogP contribution in [0.15, 0.2) is 0 Å². The summed E-state index contributed by atoms with van der Waals surface area (Å²) in [5.74, 6) is 0.953. The molecule has 0 bridgehead atoms. The first-order valence-electron chi connectivity index (χ1n) is 7.01. The van der Waals surface area contributed by atoms with Crippen LogP contribution < -0.4 is 5.73 Å². The highest BCUT2D eigenvalue weighted by molar-refractivity contribution is 4.54. The Morgan fingerprint density at radius 1 is 0.800 bits per heavy atom. The third-order valence-electron chi connectivity index (χ3n) is 3.20. The third-order valence-corrected chi connectivity index (χ3v) is 3.20. The Kier molecular flexibility index (Phi) is 12.0. The Hall–Kier alpha value is -0.0400. The first-order valence-corrected chi connectivity index (χ1v) is 7.01. The number of rotatable bonds is 11. The highest BCUT2D eigenvalue weighted by Crippen LogP contribution is 2.16. The van der Waals surface area contributed by atoms with Gasteiger partial charge in [0.25, 0.3) is 0 Å². The average Bonchev–Trinajstić information content (AvgIpc) is 2.25. The standard InChI is InChI=1S/C14H31N/c1-3-4-11-14(2)12-9-7-5-6-8-10-13-15/h14H,3-13,15H2,1-2H3. The van der Waals surface area contributed by atoms with Gasteiger partial charge in [0.15, 0.2) is 0 Å². The molecule has 0 spiro atoms. The molecule has 0 heterocycles. The van der Waals surface area contributed by atoms with E-state index in [0.29, 0.717) is 0 Å². The molecule has 2 N–H and O–H groups in total. The van der Waals surface area contributed by atoms with Crippen molar-refractivity contribution in [3.8, 4) is 0 Å². The predicted octanol–water partition coefficient (Wildman–Crippen LogP) is 4.50. The third kappa shape index (κ3) is 11.9. The lowest BCUT2D eigenvalue weighted by Gasteiger charge is -2.09. The number of hydrogen-bond donors (Lipinski definition) is 1. The molecule has 0 aliphatic heterocycles. The smallest absolute Gasteiger partial charge is 0.00773 e. The summed E-state index contributed by atoms with van der Waals surface area (Å²) in [6, 6.07) is 0. The summed E-state index contributed by atoms with van der Waals surface area (Å²) in [6.07, 6.45) is 13.9. The molecule has 0 aromatic rings. The first kappa shape index (κ1) is 15.0. The van der Waals surface area contributed by atoms with Gasteiger partial charge < -0.3 is 5.73 Å². The van der Waals surface area contributed by atoms with Crippen molar-refractivity contribution < 1.29 is 0 Å². The SMILES string of the molecule is CCCCC(C)CCCCCCCCN. The maximum Gasteiger partial charge on any atom is -0.00773 e. The lowest BCUT2D eigenvalue weighted by molar-refractivity contribution is 0.441. The highest BCUT2D eigenvalue weighted by atomic mass is 14.5. The second-order valence-corrected chi connectivity index (χ2v) is 4.95. The summed E-state index contributed by atoms with van der Waals surface area (Å²) in [7, 11) is 0. The summed E-state index contributed by atoms with van der Waals surface area (Å²) in [5.41, 5.74) is 5.46. The molecule has 0 aromatic carbocycles. The molecule has 0 aliphatic carbocycles. The van der Waals surface area contributed by atoms with E-state index in [4.69, 9.17) is 5.73 Å². The van der Waals surface area contributed by atoms with Gasteiger partial charge in [-0.25, -0.2) is 0 Å². The van der Waals surface area contributed by atoms with E-state index in [2.05, 4.69) is 13.8 Å². The molecular weight excluding hydrogens is 182 g/mol. The summed E-state index contributed by atoms with van der Waals surface area (Å²) < 4.78 is 0. The fourth-order valence-electron chi connectivity index (χ4n) is 2.04. The molecule has 1 nitrogen and oxygen atoms in total. The molecule has 0 saturated carbocycles. The zero-order valence-electron chi connectivity index (χ0n) is 10.9. The minimum absolute atomic E-state index is 0.869. The van der Waals surface area contributed by atoms with Crippen molar-refractivity contribution in [2.24, 2.45) is 11.7 Å². The largest absolute Gasteiger partial charge is 0.330 e. The lowest BCUT2D eigenvalue weighted by atomic mass is 9.97. The second-order valence-electron chi connectivity index (χ2n) is 4.95. The van der Waals surface area contributed by atoms with E-state index in [1.54, 1.807) is 0 Å². The molecule has 1 atom stereocenters. The molecule has 1 heteroatoms. The lowest BCUT2D eigenvalue weighted by Crippen LogP contribution is -1.97. The van der Waals surface area contributed by atoms with Gasteiger partial charge in [0.05, 0.1) is 0 Å². The first-order chi connectivity index (χ1) is 7.31. The number of unbranched alkanes of at least 4 members (excludes halogenated alkanes) is 6. The van der Waals surface area contributed by atoms with E-state index in [1.807, 2.05) is 0 Å². The number of hydrogen-bond acceptors (Lipinski definition) is 1. The van der Waals surface area contributed by atoms with Crippen molar-refractivity contribution in [3.63, 3.8) is 0 Å². The van der Waals surface area contributed by atoms with Crippen LogP contribution in [0.25, 0.3) is 0 Å².